The SMILES string of the molecule is Oc1ccc(O[n+]2ccccc2)cc1. The van der Waals surface area contributed by atoms with Crippen molar-refractivity contribution in [2.24, 2.45) is 0 Å². The van der Waals surface area contributed by atoms with Crippen LogP contribution in [0.15, 0.2) is 54.9 Å². The fourth-order valence-corrected chi connectivity index (χ4v) is 1.07. The van der Waals surface area contributed by atoms with Crippen LogP contribution in [-0.2, 0) is 0 Å². The predicted molar refractivity (Wildman–Crippen MR) is 50.8 cm³/mol. The molecule has 0 spiro atoms. The lowest BCUT2D eigenvalue weighted by molar-refractivity contribution is -0.875. The summed E-state index contributed by atoms with van der Waals surface area (Å²) in [6.07, 6.45) is 3.60. The first-order valence-corrected chi connectivity index (χ1v) is 4.28. The van der Waals surface area contributed by atoms with Crippen LogP contribution >= 0.6 is 0 Å². The maximum atomic E-state index is 9.06. The van der Waals surface area contributed by atoms with Crippen LogP contribution in [0.5, 0.6) is 11.5 Å². The topological polar surface area (TPSA) is 33.3 Å². The minimum absolute atomic E-state index is 0.232. The zero-order valence-corrected chi connectivity index (χ0v) is 7.50. The molecule has 2 aromatic rings. The molecule has 1 aromatic carbocycles. The molecule has 0 atom stereocenters. The molecule has 14 heavy (non-hydrogen) atoms. The van der Waals surface area contributed by atoms with Crippen LogP contribution in [0.4, 0.5) is 0 Å². The van der Waals surface area contributed by atoms with Gasteiger partial charge in [0.05, 0.1) is 0 Å². The van der Waals surface area contributed by atoms with E-state index < -0.39 is 0 Å². The van der Waals surface area contributed by atoms with E-state index in [1.54, 1.807) is 41.4 Å². The van der Waals surface area contributed by atoms with E-state index in [0.717, 1.165) is 0 Å². The lowest BCUT2D eigenvalue weighted by Gasteiger charge is -1.96. The van der Waals surface area contributed by atoms with E-state index in [1.165, 1.54) is 0 Å². The van der Waals surface area contributed by atoms with Gasteiger partial charge in [0, 0.05) is 16.9 Å². The number of phenolic OH excluding ortho intramolecular Hbond substituents is 1. The number of hydrogen-bond acceptors (Lipinski definition) is 2. The molecule has 1 aromatic heterocycles. The summed E-state index contributed by atoms with van der Waals surface area (Å²) in [6, 6.07) is 12.2. The fraction of sp³-hybridized carbons (Fsp3) is 0. The van der Waals surface area contributed by atoms with Gasteiger partial charge in [-0.15, -0.1) is 0 Å². The second kappa shape index (κ2) is 3.79. The molecule has 0 aliphatic carbocycles. The Bertz CT molecular complexity index is 397. The summed E-state index contributed by atoms with van der Waals surface area (Å²) in [4.78, 5) is 5.44. The van der Waals surface area contributed by atoms with Crippen molar-refractivity contribution >= 4 is 0 Å². The summed E-state index contributed by atoms with van der Waals surface area (Å²) >= 11 is 0. The van der Waals surface area contributed by atoms with Gasteiger partial charge in [0.25, 0.3) is 0 Å². The third-order valence-corrected chi connectivity index (χ3v) is 1.74. The molecule has 0 aliphatic rings. The summed E-state index contributed by atoms with van der Waals surface area (Å²) in [5.41, 5.74) is 0. The van der Waals surface area contributed by atoms with E-state index in [1.807, 2.05) is 18.2 Å². The number of benzene rings is 1. The van der Waals surface area contributed by atoms with Crippen molar-refractivity contribution < 1.29 is 14.7 Å². The van der Waals surface area contributed by atoms with Crippen LogP contribution in [0.25, 0.3) is 0 Å². The smallest absolute Gasteiger partial charge is 0.223 e. The Hall–Kier alpha value is -2.03. The van der Waals surface area contributed by atoms with Gasteiger partial charge in [0.2, 0.25) is 18.1 Å². The normalized spacial score (nSPS) is 9.71. The highest BCUT2D eigenvalue weighted by Gasteiger charge is 2.01. The highest BCUT2D eigenvalue weighted by molar-refractivity contribution is 5.29. The Morgan fingerprint density at radius 1 is 0.929 bits per heavy atom. The van der Waals surface area contributed by atoms with Crippen molar-refractivity contribution in [3.63, 3.8) is 0 Å². The maximum Gasteiger partial charge on any atom is 0.223 e. The highest BCUT2D eigenvalue weighted by Crippen LogP contribution is 2.14. The molecular formula is C11H10NO2+. The summed E-state index contributed by atoms with van der Waals surface area (Å²) in [5, 5.41) is 9.06. The van der Waals surface area contributed by atoms with Gasteiger partial charge < -0.3 is 5.11 Å². The predicted octanol–water partition coefficient (Wildman–Crippen LogP) is 1.52. The number of hydrogen-bond donors (Lipinski definition) is 1. The Morgan fingerprint density at radius 3 is 2.21 bits per heavy atom. The molecule has 0 amide bonds. The van der Waals surface area contributed by atoms with E-state index in [4.69, 9.17) is 9.94 Å². The van der Waals surface area contributed by atoms with Crippen LogP contribution in [0, 0.1) is 0 Å². The average Bonchev–Trinajstić information content (AvgIpc) is 2.23. The van der Waals surface area contributed by atoms with Gasteiger partial charge in [-0.25, -0.2) is 4.84 Å². The van der Waals surface area contributed by atoms with E-state index in [2.05, 4.69) is 0 Å². The number of aromatic hydroxyl groups is 1. The second-order valence-electron chi connectivity index (χ2n) is 2.82. The fourth-order valence-electron chi connectivity index (χ4n) is 1.07. The van der Waals surface area contributed by atoms with Crippen LogP contribution < -0.4 is 9.57 Å². The number of rotatable bonds is 2. The zero-order valence-electron chi connectivity index (χ0n) is 7.50. The quantitative estimate of drug-likeness (QED) is 0.725. The van der Waals surface area contributed by atoms with Crippen molar-refractivity contribution in [1.29, 1.82) is 0 Å². The van der Waals surface area contributed by atoms with Gasteiger partial charge in [-0.3, -0.25) is 0 Å². The van der Waals surface area contributed by atoms with Crippen molar-refractivity contribution in [3.05, 3.63) is 54.9 Å². The summed E-state index contributed by atoms with van der Waals surface area (Å²) in [6.45, 7) is 0. The third kappa shape index (κ3) is 2.01. The second-order valence-corrected chi connectivity index (χ2v) is 2.82. The number of aromatic nitrogens is 1. The Balaban J connectivity index is 2.16. The average molecular weight is 188 g/mol. The molecule has 0 aliphatic heterocycles. The Morgan fingerprint density at radius 2 is 1.57 bits per heavy atom. The molecule has 3 heteroatoms. The minimum Gasteiger partial charge on any atom is -0.508 e. The molecule has 1 N–H and O–H groups in total. The largest absolute Gasteiger partial charge is 0.508 e. The van der Waals surface area contributed by atoms with E-state index in [-0.39, 0.29) is 5.75 Å². The maximum absolute atomic E-state index is 9.06. The lowest BCUT2D eigenvalue weighted by Crippen LogP contribution is -2.38. The van der Waals surface area contributed by atoms with Crippen LogP contribution in [-0.4, -0.2) is 5.11 Å². The van der Waals surface area contributed by atoms with Crippen molar-refractivity contribution in [2.75, 3.05) is 0 Å². The molecule has 0 unspecified atom stereocenters. The van der Waals surface area contributed by atoms with Crippen molar-refractivity contribution in [1.82, 2.24) is 0 Å². The summed E-state index contributed by atoms with van der Waals surface area (Å²) < 4.78 is 1.59. The Kier molecular flexibility index (Phi) is 2.32. The molecule has 0 radical (unpaired) electrons. The van der Waals surface area contributed by atoms with Gasteiger partial charge in [-0.05, 0) is 24.3 Å². The molecule has 1 heterocycles. The van der Waals surface area contributed by atoms with Gasteiger partial charge in [0.1, 0.15) is 5.75 Å². The van der Waals surface area contributed by atoms with Crippen LogP contribution in [0.1, 0.15) is 0 Å². The van der Waals surface area contributed by atoms with Gasteiger partial charge in [-0.1, -0.05) is 6.07 Å². The molecule has 70 valence electrons. The Labute approximate surface area is 81.8 Å². The summed E-state index contributed by atoms with van der Waals surface area (Å²) in [5.74, 6) is 0.911. The molecular weight excluding hydrogens is 178 g/mol. The standard InChI is InChI=1S/C11H9NO2/c13-10-4-6-11(7-5-10)14-12-8-2-1-3-9-12/h1-9H/p+1. The monoisotopic (exact) mass is 188 g/mol. The number of nitrogens with zero attached hydrogens (tertiary/aromatic N) is 1. The van der Waals surface area contributed by atoms with E-state index in [9.17, 15) is 0 Å². The molecule has 2 rings (SSSR count). The zero-order chi connectivity index (χ0) is 9.80. The summed E-state index contributed by atoms with van der Waals surface area (Å²) in [7, 11) is 0. The van der Waals surface area contributed by atoms with E-state index >= 15 is 0 Å². The first kappa shape index (κ1) is 8.56. The third-order valence-electron chi connectivity index (χ3n) is 1.74. The van der Waals surface area contributed by atoms with Gasteiger partial charge in [-0.2, -0.15) is 0 Å². The molecule has 0 saturated heterocycles. The molecule has 0 bridgehead atoms. The molecule has 0 saturated carbocycles. The lowest BCUT2D eigenvalue weighted by atomic mass is 10.3. The first-order valence-electron chi connectivity index (χ1n) is 4.28. The molecule has 0 fully saturated rings. The van der Waals surface area contributed by atoms with Gasteiger partial charge >= 0.3 is 0 Å². The minimum atomic E-state index is 0.232. The first-order chi connectivity index (χ1) is 6.84. The van der Waals surface area contributed by atoms with E-state index in [0.29, 0.717) is 5.75 Å². The van der Waals surface area contributed by atoms with Crippen molar-refractivity contribution in [3.8, 4) is 11.5 Å². The number of pyridine rings is 1. The van der Waals surface area contributed by atoms with Crippen molar-refractivity contribution in [2.45, 2.75) is 0 Å². The van der Waals surface area contributed by atoms with Gasteiger partial charge in [0.15, 0.2) is 0 Å². The molecule has 3 nitrogen and oxygen atoms in total. The van der Waals surface area contributed by atoms with Crippen LogP contribution in [0.3, 0.4) is 0 Å². The number of phenols is 1. The highest BCUT2D eigenvalue weighted by atomic mass is 16.7. The van der Waals surface area contributed by atoms with Crippen LogP contribution in [0.2, 0.25) is 0 Å².